The smallest absolute Gasteiger partial charge is 0.240 e. The van der Waals surface area contributed by atoms with Crippen LogP contribution in [-0.4, -0.2) is 41.4 Å². The number of fused-ring (bicyclic) bond motifs is 8. The van der Waals surface area contributed by atoms with Crippen molar-refractivity contribution in [2.45, 2.75) is 30.6 Å². The Morgan fingerprint density at radius 3 is 1.18 bits per heavy atom. The Morgan fingerprint density at radius 2 is 0.800 bits per heavy atom. The van der Waals surface area contributed by atoms with Gasteiger partial charge in [-0.3, -0.25) is 0 Å². The summed E-state index contributed by atoms with van der Waals surface area (Å²) in [6.45, 7) is 0.947. The molecule has 0 spiro atoms. The molecule has 0 amide bonds. The van der Waals surface area contributed by atoms with Crippen LogP contribution in [0.1, 0.15) is 48.5 Å². The Morgan fingerprint density at radius 1 is 0.446 bits per heavy atom. The Balaban J connectivity index is 1.37. The topological polar surface area (TPSA) is 130 Å². The minimum Gasteiger partial charge on any atom is -0.354 e. The third-order valence-electron chi connectivity index (χ3n) is 11.3. The molecule has 65 heavy (non-hydrogen) atoms. The van der Waals surface area contributed by atoms with Crippen molar-refractivity contribution in [1.82, 2.24) is 24.7 Å². The van der Waals surface area contributed by atoms with Crippen LogP contribution in [0.5, 0.6) is 0 Å². The van der Waals surface area contributed by atoms with Gasteiger partial charge in [0.05, 0.1) is 57.8 Å². The highest BCUT2D eigenvalue weighted by molar-refractivity contribution is 7.89. The first-order valence-corrected chi connectivity index (χ1v) is 24.5. The first-order chi connectivity index (χ1) is 31.4. The summed E-state index contributed by atoms with van der Waals surface area (Å²) in [6.07, 6.45) is 11.1. The van der Waals surface area contributed by atoms with E-state index >= 15 is 0 Å². The summed E-state index contributed by atoms with van der Waals surface area (Å²) >= 11 is 41.9. The summed E-state index contributed by atoms with van der Waals surface area (Å²) in [4.78, 5) is 18.0. The first kappa shape index (κ1) is 45.3. The fourth-order valence-corrected chi connectivity index (χ4v) is 11.1. The third-order valence-corrected chi connectivity index (χ3v) is 14.6. The lowest BCUT2D eigenvalue weighted by Gasteiger charge is -2.11. The number of rotatable bonds is 12. The van der Waals surface area contributed by atoms with Gasteiger partial charge in [0.1, 0.15) is 0 Å². The summed E-state index contributed by atoms with van der Waals surface area (Å²) in [5.74, 6) is 0. The average molecular weight is 1000 g/mol. The van der Waals surface area contributed by atoms with Crippen molar-refractivity contribution in [2.24, 2.45) is 5.73 Å². The monoisotopic (exact) mass is 996 g/mol. The second kappa shape index (κ2) is 19.1. The van der Waals surface area contributed by atoms with E-state index in [1.54, 1.807) is 78.9 Å². The zero-order chi connectivity index (χ0) is 45.4. The number of hydrogen-bond acceptors (Lipinski definition) is 5. The second-order valence-corrected chi connectivity index (χ2v) is 19.6. The quantitative estimate of drug-likeness (QED) is 0.0906. The van der Waals surface area contributed by atoms with Crippen LogP contribution in [0, 0.1) is 0 Å². The third kappa shape index (κ3) is 9.02. The van der Waals surface area contributed by atoms with E-state index in [9.17, 15) is 8.42 Å². The van der Waals surface area contributed by atoms with Gasteiger partial charge in [0.25, 0.3) is 0 Å². The number of aromatic amines is 2. The second-order valence-electron chi connectivity index (χ2n) is 15.4. The van der Waals surface area contributed by atoms with Gasteiger partial charge in [-0.2, -0.15) is 0 Å². The van der Waals surface area contributed by atoms with E-state index < -0.39 is 10.0 Å². The SMILES string of the molecule is NCCCCCCNS(=O)(=O)c1ccc(-c2c3nc(c(-c4c(Cl)cccc4Cl)c4ccc([nH]4)c(-c4c(Cl)cccc4Cl)c4nc(c(-c5c(Cl)cccc5Cl)c5ccc2[nH]5)C=C4)C=C3)cc1. The highest BCUT2D eigenvalue weighted by Gasteiger charge is 2.24. The molecule has 0 radical (unpaired) electrons. The van der Waals surface area contributed by atoms with Crippen molar-refractivity contribution in [2.75, 3.05) is 13.1 Å². The molecule has 2 aliphatic rings. The van der Waals surface area contributed by atoms with E-state index in [1.807, 2.05) is 48.6 Å². The summed E-state index contributed by atoms with van der Waals surface area (Å²) in [6, 6.07) is 30.6. The number of halogens is 6. The largest absolute Gasteiger partial charge is 0.354 e. The molecule has 4 aromatic carbocycles. The van der Waals surface area contributed by atoms with Crippen LogP contribution in [0.4, 0.5) is 0 Å². The highest BCUT2D eigenvalue weighted by Crippen LogP contribution is 2.45. The lowest BCUT2D eigenvalue weighted by molar-refractivity contribution is 0.572. The van der Waals surface area contributed by atoms with Crippen LogP contribution in [0.15, 0.2) is 108 Å². The minimum absolute atomic E-state index is 0.142. The van der Waals surface area contributed by atoms with Crippen LogP contribution in [-0.2, 0) is 10.0 Å². The number of H-pyrrole nitrogens is 2. The van der Waals surface area contributed by atoms with Gasteiger partial charge in [0.2, 0.25) is 10.0 Å². The Labute approximate surface area is 406 Å². The molecular formula is C50H38Cl6N6O2S. The summed E-state index contributed by atoms with van der Waals surface area (Å²) in [5, 5.41) is 2.53. The number of unbranched alkanes of at least 4 members (excludes halogenated alkanes) is 3. The number of sulfonamides is 1. The zero-order valence-electron chi connectivity index (χ0n) is 34.3. The Bertz CT molecular complexity index is 3250. The molecule has 0 fully saturated rings. The molecule has 8 bridgehead atoms. The van der Waals surface area contributed by atoms with Crippen LogP contribution >= 0.6 is 69.6 Å². The molecule has 7 aromatic rings. The van der Waals surface area contributed by atoms with Crippen LogP contribution in [0.25, 0.3) is 90.9 Å². The van der Waals surface area contributed by atoms with Crippen molar-refractivity contribution in [1.29, 1.82) is 0 Å². The summed E-state index contributed by atoms with van der Waals surface area (Å²) < 4.78 is 29.6. The summed E-state index contributed by atoms with van der Waals surface area (Å²) in [5.41, 5.74) is 15.6. The Hall–Kier alpha value is -4.91. The molecular weight excluding hydrogens is 961 g/mol. The minimum atomic E-state index is -3.78. The predicted octanol–water partition coefficient (Wildman–Crippen LogP) is 15.0. The molecule has 0 saturated heterocycles. The number of nitrogens with zero attached hydrogens (tertiary/aromatic N) is 2. The van der Waals surface area contributed by atoms with E-state index in [4.69, 9.17) is 85.3 Å². The van der Waals surface area contributed by atoms with Gasteiger partial charge >= 0.3 is 0 Å². The summed E-state index contributed by atoms with van der Waals surface area (Å²) in [7, 11) is -3.78. The van der Waals surface area contributed by atoms with Gasteiger partial charge in [-0.25, -0.2) is 23.1 Å². The van der Waals surface area contributed by atoms with E-state index in [1.165, 1.54) is 0 Å². The average Bonchev–Trinajstić information content (AvgIpc) is 4.13. The number of nitrogens with two attached hydrogens (primary N) is 1. The fourth-order valence-electron chi connectivity index (χ4n) is 8.22. The maximum absolute atomic E-state index is 13.4. The molecule has 2 aliphatic heterocycles. The van der Waals surface area contributed by atoms with E-state index in [2.05, 4.69) is 14.7 Å². The molecule has 328 valence electrons. The van der Waals surface area contributed by atoms with E-state index in [-0.39, 0.29) is 4.90 Å². The number of benzene rings is 4. The van der Waals surface area contributed by atoms with Gasteiger partial charge in [-0.15, -0.1) is 0 Å². The van der Waals surface area contributed by atoms with Gasteiger partial charge < -0.3 is 15.7 Å². The normalized spacial score (nSPS) is 12.4. The van der Waals surface area contributed by atoms with E-state index in [0.717, 1.165) is 19.3 Å². The predicted molar refractivity (Wildman–Crippen MR) is 273 cm³/mol. The van der Waals surface area contributed by atoms with Gasteiger partial charge in [0.15, 0.2) is 0 Å². The fraction of sp³-hybridized carbons (Fsp3) is 0.120. The standard InChI is InChI=1S/C50H38Cl6N6O2S/c51-30-8-5-9-31(52)45(30)48-38-20-18-36(59-38)44(28-14-16-29(17-15-28)65(63,64)58-27-4-2-1-3-26-57)37-19-21-39(60-37)49(46-32(53)10-6-11-33(46)54)41-23-25-43(62-41)50(42-24-22-40(48)61-42)47-34(55)12-7-13-35(47)56/h5-25,58-59,62H,1-4,26-27,57H2. The van der Waals surface area contributed by atoms with E-state index in [0.29, 0.717) is 139 Å². The number of nitrogens with one attached hydrogen (secondary N) is 3. The first-order valence-electron chi connectivity index (χ1n) is 20.7. The Kier molecular flexibility index (Phi) is 13.3. The van der Waals surface area contributed by atoms with Crippen LogP contribution < -0.4 is 10.5 Å². The molecule has 9 rings (SSSR count). The van der Waals surface area contributed by atoms with Gasteiger partial charge in [-0.05, 0) is 122 Å². The highest BCUT2D eigenvalue weighted by atomic mass is 35.5. The van der Waals surface area contributed by atoms with Crippen molar-refractivity contribution >= 4 is 126 Å². The molecule has 0 saturated carbocycles. The lowest BCUT2D eigenvalue weighted by Crippen LogP contribution is -2.24. The number of aromatic nitrogens is 4. The van der Waals surface area contributed by atoms with Crippen LogP contribution in [0.3, 0.4) is 0 Å². The van der Waals surface area contributed by atoms with Gasteiger partial charge in [0, 0.05) is 67.6 Å². The van der Waals surface area contributed by atoms with Crippen molar-refractivity contribution in [3.8, 4) is 44.5 Å². The molecule has 0 unspecified atom stereocenters. The molecule has 8 nitrogen and oxygen atoms in total. The maximum Gasteiger partial charge on any atom is 0.240 e. The molecule has 5 heterocycles. The maximum atomic E-state index is 13.4. The molecule has 0 atom stereocenters. The van der Waals surface area contributed by atoms with Crippen LogP contribution in [0.2, 0.25) is 30.1 Å². The molecule has 5 N–H and O–H groups in total. The molecule has 0 aliphatic carbocycles. The lowest BCUT2D eigenvalue weighted by atomic mass is 10.0. The van der Waals surface area contributed by atoms with Crippen molar-refractivity contribution in [3.05, 3.63) is 156 Å². The number of hydrogen-bond donors (Lipinski definition) is 4. The molecule has 15 heteroatoms. The van der Waals surface area contributed by atoms with Crippen molar-refractivity contribution in [3.63, 3.8) is 0 Å². The van der Waals surface area contributed by atoms with Crippen molar-refractivity contribution < 1.29 is 8.42 Å². The zero-order valence-corrected chi connectivity index (χ0v) is 39.7. The van der Waals surface area contributed by atoms with Gasteiger partial charge in [-0.1, -0.05) is 113 Å². The molecule has 3 aromatic heterocycles.